The van der Waals surface area contributed by atoms with Crippen LogP contribution in [0.3, 0.4) is 0 Å². The zero-order valence-corrected chi connectivity index (χ0v) is 11.9. The molecule has 5 nitrogen and oxygen atoms in total. The van der Waals surface area contributed by atoms with Crippen molar-refractivity contribution in [3.63, 3.8) is 0 Å². The lowest BCUT2D eigenvalue weighted by molar-refractivity contribution is 0.0514. The third-order valence-electron chi connectivity index (χ3n) is 3.69. The number of pyridine rings is 1. The Morgan fingerprint density at radius 3 is 3.05 bits per heavy atom. The zero-order valence-electron chi connectivity index (χ0n) is 11.9. The smallest absolute Gasteiger partial charge is 0.251 e. The first-order chi connectivity index (χ1) is 9.70. The van der Waals surface area contributed by atoms with Gasteiger partial charge in [-0.15, -0.1) is 0 Å². The molecule has 110 valence electrons. The summed E-state index contributed by atoms with van der Waals surface area (Å²) in [4.78, 5) is 23.6. The summed E-state index contributed by atoms with van der Waals surface area (Å²) in [6.45, 7) is 4.79. The van der Waals surface area contributed by atoms with Gasteiger partial charge in [0.05, 0.1) is 0 Å². The minimum atomic E-state index is -0.179. The summed E-state index contributed by atoms with van der Waals surface area (Å²) in [5.41, 5.74) is 0.292. The van der Waals surface area contributed by atoms with Gasteiger partial charge in [-0.3, -0.25) is 9.59 Å². The molecule has 1 saturated heterocycles. The van der Waals surface area contributed by atoms with E-state index in [1.165, 1.54) is 12.5 Å². The second kappa shape index (κ2) is 7.24. The van der Waals surface area contributed by atoms with Gasteiger partial charge in [-0.05, 0) is 38.2 Å². The summed E-state index contributed by atoms with van der Waals surface area (Å²) >= 11 is 0. The van der Waals surface area contributed by atoms with Crippen LogP contribution in [0.15, 0.2) is 23.1 Å². The Kier molecular flexibility index (Phi) is 5.35. The van der Waals surface area contributed by atoms with Gasteiger partial charge in [0, 0.05) is 44.1 Å². The second-order valence-corrected chi connectivity index (χ2v) is 5.17. The van der Waals surface area contributed by atoms with E-state index in [4.69, 9.17) is 4.74 Å². The standard InChI is InChI=1S/C15H22N2O3/c1-2-17-8-6-13(10-14(17)18)15(19)16-7-5-12-4-3-9-20-11-12/h6,8,10,12H,2-5,7,9,11H2,1H3,(H,16,19)/t12-/m1/s1. The summed E-state index contributed by atoms with van der Waals surface area (Å²) in [6.07, 6.45) is 4.86. The van der Waals surface area contributed by atoms with Crippen LogP contribution in [0.1, 0.15) is 36.5 Å². The molecule has 0 bridgehead atoms. The molecule has 1 aromatic heterocycles. The molecular weight excluding hydrogens is 256 g/mol. The lowest BCUT2D eigenvalue weighted by Crippen LogP contribution is -2.29. The van der Waals surface area contributed by atoms with Crippen molar-refractivity contribution in [2.24, 2.45) is 5.92 Å². The third kappa shape index (κ3) is 3.93. The average Bonchev–Trinajstić information content (AvgIpc) is 2.48. The highest BCUT2D eigenvalue weighted by molar-refractivity contribution is 5.93. The fourth-order valence-electron chi connectivity index (χ4n) is 2.44. The third-order valence-corrected chi connectivity index (χ3v) is 3.69. The molecule has 0 radical (unpaired) electrons. The van der Waals surface area contributed by atoms with E-state index in [2.05, 4.69) is 5.32 Å². The summed E-state index contributed by atoms with van der Waals surface area (Å²) in [5, 5.41) is 2.87. The Morgan fingerprint density at radius 2 is 2.40 bits per heavy atom. The molecule has 1 amide bonds. The van der Waals surface area contributed by atoms with E-state index >= 15 is 0 Å². The van der Waals surface area contributed by atoms with Crippen molar-refractivity contribution < 1.29 is 9.53 Å². The second-order valence-electron chi connectivity index (χ2n) is 5.17. The Bertz CT molecular complexity index is 504. The van der Waals surface area contributed by atoms with Crippen LogP contribution in [0.5, 0.6) is 0 Å². The van der Waals surface area contributed by atoms with Gasteiger partial charge in [-0.1, -0.05) is 0 Å². The summed E-state index contributed by atoms with van der Waals surface area (Å²) < 4.78 is 6.97. The fourth-order valence-corrected chi connectivity index (χ4v) is 2.44. The highest BCUT2D eigenvalue weighted by Gasteiger charge is 2.14. The Hall–Kier alpha value is -1.62. The van der Waals surface area contributed by atoms with E-state index in [-0.39, 0.29) is 11.5 Å². The van der Waals surface area contributed by atoms with E-state index in [9.17, 15) is 9.59 Å². The normalized spacial score (nSPS) is 18.8. The first kappa shape index (κ1) is 14.8. The number of nitrogens with zero attached hydrogens (tertiary/aromatic N) is 1. The number of rotatable bonds is 5. The van der Waals surface area contributed by atoms with Crippen molar-refractivity contribution in [2.75, 3.05) is 19.8 Å². The summed E-state index contributed by atoms with van der Waals surface area (Å²) in [5.74, 6) is 0.360. The van der Waals surface area contributed by atoms with E-state index in [0.29, 0.717) is 24.6 Å². The number of aryl methyl sites for hydroxylation is 1. The number of hydrogen-bond donors (Lipinski definition) is 1. The molecule has 0 unspecified atom stereocenters. The van der Waals surface area contributed by atoms with E-state index in [1.807, 2.05) is 6.92 Å². The molecule has 2 rings (SSSR count). The highest BCUT2D eigenvalue weighted by Crippen LogP contribution is 2.16. The molecule has 1 aliphatic heterocycles. The maximum absolute atomic E-state index is 11.9. The van der Waals surface area contributed by atoms with Gasteiger partial charge in [-0.25, -0.2) is 0 Å². The maximum Gasteiger partial charge on any atom is 0.251 e. The van der Waals surface area contributed by atoms with Crippen LogP contribution in [0, 0.1) is 5.92 Å². The van der Waals surface area contributed by atoms with Gasteiger partial charge >= 0.3 is 0 Å². The lowest BCUT2D eigenvalue weighted by atomic mass is 9.99. The predicted molar refractivity (Wildman–Crippen MR) is 76.9 cm³/mol. The van der Waals surface area contributed by atoms with E-state index < -0.39 is 0 Å². The molecule has 0 aliphatic carbocycles. The molecule has 1 N–H and O–H groups in total. The minimum absolute atomic E-state index is 0.138. The molecule has 5 heteroatoms. The van der Waals surface area contributed by atoms with Crippen molar-refractivity contribution in [3.05, 3.63) is 34.2 Å². The molecule has 20 heavy (non-hydrogen) atoms. The molecule has 1 fully saturated rings. The van der Waals surface area contributed by atoms with Crippen molar-refractivity contribution in [2.45, 2.75) is 32.7 Å². The molecule has 0 spiro atoms. The van der Waals surface area contributed by atoms with Crippen molar-refractivity contribution in [1.29, 1.82) is 0 Å². The van der Waals surface area contributed by atoms with Gasteiger partial charge in [0.2, 0.25) is 0 Å². The highest BCUT2D eigenvalue weighted by atomic mass is 16.5. The monoisotopic (exact) mass is 278 g/mol. The van der Waals surface area contributed by atoms with Crippen LogP contribution in [0.2, 0.25) is 0 Å². The number of amides is 1. The number of carbonyl (C=O) groups is 1. The Balaban J connectivity index is 1.82. The first-order valence-corrected chi connectivity index (χ1v) is 7.27. The van der Waals surface area contributed by atoms with Crippen LogP contribution in [0.4, 0.5) is 0 Å². The van der Waals surface area contributed by atoms with E-state index in [1.54, 1.807) is 16.8 Å². The van der Waals surface area contributed by atoms with Gasteiger partial charge in [0.1, 0.15) is 0 Å². The predicted octanol–water partition coefficient (Wildman–Crippen LogP) is 1.41. The Labute approximate surface area is 118 Å². The van der Waals surface area contributed by atoms with Gasteiger partial charge in [0.15, 0.2) is 0 Å². The number of ether oxygens (including phenoxy) is 1. The van der Waals surface area contributed by atoms with Crippen molar-refractivity contribution >= 4 is 5.91 Å². The molecule has 1 aliphatic rings. The maximum atomic E-state index is 11.9. The largest absolute Gasteiger partial charge is 0.381 e. The number of aromatic nitrogens is 1. The SMILES string of the molecule is CCn1ccc(C(=O)NCC[C@H]2CCCOC2)cc1=O. The molecule has 0 saturated carbocycles. The molecule has 1 aromatic rings. The van der Waals surface area contributed by atoms with Crippen LogP contribution < -0.4 is 10.9 Å². The van der Waals surface area contributed by atoms with Gasteiger partial charge < -0.3 is 14.6 Å². The summed E-state index contributed by atoms with van der Waals surface area (Å²) in [7, 11) is 0. The molecule has 1 atom stereocenters. The number of carbonyl (C=O) groups excluding carboxylic acids is 1. The zero-order chi connectivity index (χ0) is 14.4. The molecule has 2 heterocycles. The van der Waals surface area contributed by atoms with Crippen LogP contribution in [-0.4, -0.2) is 30.2 Å². The topological polar surface area (TPSA) is 60.3 Å². The van der Waals surface area contributed by atoms with Gasteiger partial charge in [0.25, 0.3) is 11.5 Å². The van der Waals surface area contributed by atoms with Crippen LogP contribution in [-0.2, 0) is 11.3 Å². The van der Waals surface area contributed by atoms with Gasteiger partial charge in [-0.2, -0.15) is 0 Å². The van der Waals surface area contributed by atoms with Crippen LogP contribution in [0.25, 0.3) is 0 Å². The number of nitrogens with one attached hydrogen (secondary N) is 1. The quantitative estimate of drug-likeness (QED) is 0.886. The van der Waals surface area contributed by atoms with E-state index in [0.717, 1.165) is 26.1 Å². The minimum Gasteiger partial charge on any atom is -0.381 e. The molecule has 0 aromatic carbocycles. The van der Waals surface area contributed by atoms with Crippen molar-refractivity contribution in [3.8, 4) is 0 Å². The first-order valence-electron chi connectivity index (χ1n) is 7.27. The lowest BCUT2D eigenvalue weighted by Gasteiger charge is -2.21. The van der Waals surface area contributed by atoms with Crippen molar-refractivity contribution in [1.82, 2.24) is 9.88 Å². The fraction of sp³-hybridized carbons (Fsp3) is 0.600. The number of hydrogen-bond acceptors (Lipinski definition) is 3. The summed E-state index contributed by atoms with van der Waals surface area (Å²) in [6, 6.07) is 3.08. The average molecular weight is 278 g/mol. The molecular formula is C15H22N2O3. The van der Waals surface area contributed by atoms with Crippen LogP contribution >= 0.6 is 0 Å². The Morgan fingerprint density at radius 1 is 1.55 bits per heavy atom.